The van der Waals surface area contributed by atoms with Gasteiger partial charge in [0, 0.05) is 13.2 Å². The molecule has 0 aliphatic rings. The van der Waals surface area contributed by atoms with Crippen molar-refractivity contribution in [3.05, 3.63) is 108 Å². The number of benzene rings is 3. The van der Waals surface area contributed by atoms with Crippen LogP contribution in [-0.4, -0.2) is 18.3 Å². The Morgan fingerprint density at radius 1 is 0.366 bits per heavy atom. The SMILES string of the molecule is OCCCCCCCCCCCCCCCCCCCCOC(c1ccccc1)(c1ccccc1)c1ccccc1. The summed E-state index contributed by atoms with van der Waals surface area (Å²) in [5.74, 6) is 0. The van der Waals surface area contributed by atoms with Gasteiger partial charge in [-0.2, -0.15) is 0 Å². The quantitative estimate of drug-likeness (QED) is 0.0878. The number of hydrogen-bond donors (Lipinski definition) is 1. The molecule has 0 saturated heterocycles. The molecular formula is C39H56O2. The smallest absolute Gasteiger partial charge is 0.143 e. The molecule has 2 nitrogen and oxygen atoms in total. The predicted octanol–water partition coefficient (Wildman–Crippen LogP) is 11.0. The summed E-state index contributed by atoms with van der Waals surface area (Å²) in [6.45, 7) is 1.11. The molecular weight excluding hydrogens is 500 g/mol. The minimum Gasteiger partial charge on any atom is -0.396 e. The highest BCUT2D eigenvalue weighted by Gasteiger charge is 2.37. The molecule has 0 fully saturated rings. The van der Waals surface area contributed by atoms with E-state index in [4.69, 9.17) is 9.84 Å². The van der Waals surface area contributed by atoms with Crippen molar-refractivity contribution in [2.45, 2.75) is 121 Å². The zero-order chi connectivity index (χ0) is 28.7. The van der Waals surface area contributed by atoms with Crippen LogP contribution in [0.15, 0.2) is 91.0 Å². The van der Waals surface area contributed by atoms with Gasteiger partial charge in [-0.05, 0) is 29.5 Å². The zero-order valence-corrected chi connectivity index (χ0v) is 25.7. The van der Waals surface area contributed by atoms with Gasteiger partial charge in [0.25, 0.3) is 0 Å². The van der Waals surface area contributed by atoms with Gasteiger partial charge in [0.15, 0.2) is 0 Å². The first kappa shape index (κ1) is 33.1. The van der Waals surface area contributed by atoms with Crippen molar-refractivity contribution in [2.24, 2.45) is 0 Å². The molecule has 0 aliphatic carbocycles. The van der Waals surface area contributed by atoms with Crippen molar-refractivity contribution in [3.63, 3.8) is 0 Å². The lowest BCUT2D eigenvalue weighted by Gasteiger charge is -2.36. The van der Waals surface area contributed by atoms with Gasteiger partial charge in [0.2, 0.25) is 0 Å². The molecule has 0 atom stereocenters. The summed E-state index contributed by atoms with van der Waals surface area (Å²) >= 11 is 0. The van der Waals surface area contributed by atoms with Crippen LogP contribution in [0.3, 0.4) is 0 Å². The van der Waals surface area contributed by atoms with E-state index in [9.17, 15) is 0 Å². The zero-order valence-electron chi connectivity index (χ0n) is 25.7. The van der Waals surface area contributed by atoms with Gasteiger partial charge in [0.1, 0.15) is 5.60 Å². The van der Waals surface area contributed by atoms with Crippen LogP contribution in [0.4, 0.5) is 0 Å². The fraction of sp³-hybridized carbons (Fsp3) is 0.538. The molecule has 0 saturated carbocycles. The first-order valence-electron chi connectivity index (χ1n) is 16.8. The minimum atomic E-state index is -0.593. The molecule has 3 aromatic carbocycles. The van der Waals surface area contributed by atoms with Crippen LogP contribution in [-0.2, 0) is 10.3 Å². The normalized spacial score (nSPS) is 11.6. The first-order valence-corrected chi connectivity index (χ1v) is 16.8. The van der Waals surface area contributed by atoms with Crippen molar-refractivity contribution in [2.75, 3.05) is 13.2 Å². The summed E-state index contributed by atoms with van der Waals surface area (Å²) in [6.07, 6.45) is 23.8. The highest BCUT2D eigenvalue weighted by Crippen LogP contribution is 2.40. The van der Waals surface area contributed by atoms with Crippen molar-refractivity contribution < 1.29 is 9.84 Å². The van der Waals surface area contributed by atoms with Crippen LogP contribution in [0, 0.1) is 0 Å². The van der Waals surface area contributed by atoms with E-state index < -0.39 is 5.60 Å². The number of rotatable bonds is 24. The average molecular weight is 557 g/mol. The summed E-state index contributed by atoms with van der Waals surface area (Å²) < 4.78 is 6.91. The molecule has 0 unspecified atom stereocenters. The Bertz CT molecular complexity index is 889. The van der Waals surface area contributed by atoms with Crippen LogP contribution >= 0.6 is 0 Å². The van der Waals surface area contributed by atoms with E-state index in [-0.39, 0.29) is 0 Å². The van der Waals surface area contributed by atoms with Gasteiger partial charge in [-0.3, -0.25) is 0 Å². The molecule has 3 aromatic rings. The molecule has 0 aromatic heterocycles. The van der Waals surface area contributed by atoms with E-state index in [1.165, 1.54) is 119 Å². The van der Waals surface area contributed by atoms with E-state index in [0.29, 0.717) is 6.61 Å². The lowest BCUT2D eigenvalue weighted by atomic mass is 9.80. The molecule has 1 N–H and O–H groups in total. The van der Waals surface area contributed by atoms with E-state index in [0.717, 1.165) is 19.4 Å². The summed E-state index contributed by atoms with van der Waals surface area (Å²) in [6, 6.07) is 32.1. The Balaban J connectivity index is 1.29. The molecule has 0 amide bonds. The van der Waals surface area contributed by atoms with E-state index in [1.807, 2.05) is 0 Å². The topological polar surface area (TPSA) is 29.5 Å². The number of unbranched alkanes of at least 4 members (excludes halogenated alkanes) is 17. The second kappa shape index (κ2) is 21.3. The molecule has 0 heterocycles. The maximum atomic E-state index is 8.82. The standard InChI is InChI=1S/C39H56O2/c40-34-26-15-13-11-9-7-5-3-1-2-4-6-8-10-12-14-16-27-35-41-39(36-28-20-17-21-29-36,37-30-22-18-23-31-37)38-32-24-19-25-33-38/h17-25,28-33,40H,1-16,26-27,34-35H2. The molecule has 224 valence electrons. The lowest BCUT2D eigenvalue weighted by molar-refractivity contribution is 0.0106. The third kappa shape index (κ3) is 12.1. The summed E-state index contributed by atoms with van der Waals surface area (Å²) in [5.41, 5.74) is 2.96. The van der Waals surface area contributed by atoms with Gasteiger partial charge in [-0.25, -0.2) is 0 Å². The largest absolute Gasteiger partial charge is 0.396 e. The van der Waals surface area contributed by atoms with E-state index in [2.05, 4.69) is 91.0 Å². The maximum absolute atomic E-state index is 8.82. The predicted molar refractivity (Wildman–Crippen MR) is 175 cm³/mol. The van der Waals surface area contributed by atoms with Gasteiger partial charge in [-0.1, -0.05) is 194 Å². The number of aliphatic hydroxyl groups is 1. The van der Waals surface area contributed by atoms with Crippen LogP contribution in [0.25, 0.3) is 0 Å². The Morgan fingerprint density at radius 2 is 0.634 bits per heavy atom. The summed E-state index contributed by atoms with van der Waals surface area (Å²) in [7, 11) is 0. The Labute approximate surface area is 251 Å². The van der Waals surface area contributed by atoms with Crippen LogP contribution in [0.1, 0.15) is 132 Å². The Hall–Kier alpha value is -2.42. The maximum Gasteiger partial charge on any atom is 0.143 e. The number of ether oxygens (including phenoxy) is 1. The van der Waals surface area contributed by atoms with Crippen molar-refractivity contribution in [1.82, 2.24) is 0 Å². The summed E-state index contributed by atoms with van der Waals surface area (Å²) in [4.78, 5) is 0. The highest BCUT2D eigenvalue weighted by atomic mass is 16.5. The second-order valence-electron chi connectivity index (χ2n) is 11.7. The molecule has 0 radical (unpaired) electrons. The molecule has 0 spiro atoms. The molecule has 3 rings (SSSR count). The third-order valence-corrected chi connectivity index (χ3v) is 8.41. The van der Waals surface area contributed by atoms with Crippen molar-refractivity contribution in [1.29, 1.82) is 0 Å². The molecule has 0 bridgehead atoms. The molecule has 2 heteroatoms. The average Bonchev–Trinajstić information content (AvgIpc) is 3.03. The number of hydrogen-bond acceptors (Lipinski definition) is 2. The molecule has 41 heavy (non-hydrogen) atoms. The van der Waals surface area contributed by atoms with Crippen molar-refractivity contribution in [3.8, 4) is 0 Å². The van der Waals surface area contributed by atoms with E-state index in [1.54, 1.807) is 0 Å². The van der Waals surface area contributed by atoms with Crippen LogP contribution < -0.4 is 0 Å². The third-order valence-electron chi connectivity index (χ3n) is 8.41. The Morgan fingerprint density at radius 3 is 0.927 bits per heavy atom. The minimum absolute atomic E-state index is 0.358. The molecule has 0 aliphatic heterocycles. The second-order valence-corrected chi connectivity index (χ2v) is 11.7. The summed E-state index contributed by atoms with van der Waals surface area (Å²) in [5, 5.41) is 8.82. The van der Waals surface area contributed by atoms with Gasteiger partial charge < -0.3 is 9.84 Å². The van der Waals surface area contributed by atoms with Gasteiger partial charge in [0.05, 0.1) is 0 Å². The monoisotopic (exact) mass is 556 g/mol. The Kier molecular flexibility index (Phi) is 17.2. The van der Waals surface area contributed by atoms with Crippen molar-refractivity contribution >= 4 is 0 Å². The highest BCUT2D eigenvalue weighted by molar-refractivity contribution is 5.47. The van der Waals surface area contributed by atoms with Gasteiger partial charge >= 0.3 is 0 Å². The number of aliphatic hydroxyl groups excluding tert-OH is 1. The first-order chi connectivity index (χ1) is 20.4. The fourth-order valence-electron chi connectivity index (χ4n) is 6.04. The lowest BCUT2D eigenvalue weighted by Crippen LogP contribution is -2.33. The fourth-order valence-corrected chi connectivity index (χ4v) is 6.04. The van der Waals surface area contributed by atoms with Crippen LogP contribution in [0.2, 0.25) is 0 Å². The van der Waals surface area contributed by atoms with E-state index >= 15 is 0 Å². The van der Waals surface area contributed by atoms with Gasteiger partial charge in [-0.15, -0.1) is 0 Å². The van der Waals surface area contributed by atoms with Crippen LogP contribution in [0.5, 0.6) is 0 Å².